The van der Waals surface area contributed by atoms with Crippen molar-refractivity contribution in [3.8, 4) is 11.5 Å². The van der Waals surface area contributed by atoms with Gasteiger partial charge in [-0.2, -0.15) is 0 Å². The molecule has 1 saturated heterocycles. The van der Waals surface area contributed by atoms with Crippen molar-refractivity contribution in [1.82, 2.24) is 14.9 Å². The van der Waals surface area contributed by atoms with Gasteiger partial charge in [0.15, 0.2) is 11.5 Å². The number of aryl methyl sites for hydroxylation is 2. The number of aromatic nitrogens is 2. The van der Waals surface area contributed by atoms with Gasteiger partial charge in [0.05, 0.1) is 22.4 Å². The zero-order valence-electron chi connectivity index (χ0n) is 18.6. The molecule has 3 N–H and O–H groups in total. The Morgan fingerprint density at radius 1 is 1.25 bits per heavy atom. The average Bonchev–Trinajstić information content (AvgIpc) is 3.14. The number of ether oxygens (including phenoxy) is 2. The Balaban J connectivity index is 1.57. The zero-order chi connectivity index (χ0) is 22.8. The van der Waals surface area contributed by atoms with E-state index in [4.69, 9.17) is 20.0 Å². The van der Waals surface area contributed by atoms with Crippen molar-refractivity contribution in [2.75, 3.05) is 13.1 Å². The van der Waals surface area contributed by atoms with Gasteiger partial charge in [-0.05, 0) is 38.5 Å². The lowest BCUT2D eigenvalue weighted by Crippen LogP contribution is -2.40. The van der Waals surface area contributed by atoms with Crippen LogP contribution in [0, 0.1) is 19.3 Å². The van der Waals surface area contributed by atoms with Crippen LogP contribution in [0.1, 0.15) is 47.1 Å². The van der Waals surface area contributed by atoms with Crippen LogP contribution in [-0.4, -0.2) is 51.0 Å². The number of nitrogens with zero attached hydrogens (tertiary/aromatic N) is 2. The molecule has 0 spiro atoms. The van der Waals surface area contributed by atoms with Gasteiger partial charge in [-0.25, -0.2) is 9.78 Å². The van der Waals surface area contributed by atoms with Crippen molar-refractivity contribution in [1.29, 1.82) is 5.41 Å². The molecule has 0 radical (unpaired) electrons. The standard InChI is InChI=1S/C24H28N4O4/c1-14-22-20(26-16(3)27-22)12-21(32-19-8-10-28(11-9-19)15(2)25)23(14)31-13-17-4-6-18(7-5-17)24(29)30/h4-7,12,19,25H,8-11,13H2,1-3H3,(H,26,27)(H,29,30). The summed E-state index contributed by atoms with van der Waals surface area (Å²) in [6, 6.07) is 8.60. The molecule has 0 unspecified atom stereocenters. The lowest BCUT2D eigenvalue weighted by molar-refractivity contribution is 0.0697. The summed E-state index contributed by atoms with van der Waals surface area (Å²) in [5, 5.41) is 16.9. The molecule has 32 heavy (non-hydrogen) atoms. The molecule has 8 heteroatoms. The van der Waals surface area contributed by atoms with E-state index < -0.39 is 5.97 Å². The van der Waals surface area contributed by atoms with Crippen LogP contribution in [0.5, 0.6) is 11.5 Å². The number of H-pyrrole nitrogens is 1. The summed E-state index contributed by atoms with van der Waals surface area (Å²) in [7, 11) is 0. The van der Waals surface area contributed by atoms with Crippen LogP contribution in [0.2, 0.25) is 0 Å². The molecule has 0 aliphatic carbocycles. The molecule has 1 aliphatic heterocycles. The Labute approximate surface area is 186 Å². The van der Waals surface area contributed by atoms with E-state index in [0.717, 1.165) is 53.9 Å². The topological polar surface area (TPSA) is 112 Å². The largest absolute Gasteiger partial charge is 0.486 e. The molecular weight excluding hydrogens is 408 g/mol. The fourth-order valence-corrected chi connectivity index (χ4v) is 4.04. The summed E-state index contributed by atoms with van der Waals surface area (Å²) in [6.45, 7) is 7.59. The van der Waals surface area contributed by atoms with Crippen LogP contribution >= 0.6 is 0 Å². The highest BCUT2D eigenvalue weighted by Crippen LogP contribution is 2.38. The maximum atomic E-state index is 11.1. The first kappa shape index (κ1) is 21.7. The quantitative estimate of drug-likeness (QED) is 0.392. The average molecular weight is 437 g/mol. The first-order chi connectivity index (χ1) is 15.3. The summed E-state index contributed by atoms with van der Waals surface area (Å²) in [6.07, 6.45) is 1.72. The summed E-state index contributed by atoms with van der Waals surface area (Å²) in [5.74, 6) is 1.78. The minimum absolute atomic E-state index is 0.0451. The van der Waals surface area contributed by atoms with Gasteiger partial charge < -0.3 is 24.5 Å². The van der Waals surface area contributed by atoms with Gasteiger partial charge in [0.1, 0.15) is 18.5 Å². The van der Waals surface area contributed by atoms with E-state index in [9.17, 15) is 4.79 Å². The number of piperidine rings is 1. The predicted molar refractivity (Wildman–Crippen MR) is 122 cm³/mol. The van der Waals surface area contributed by atoms with E-state index in [1.54, 1.807) is 24.3 Å². The van der Waals surface area contributed by atoms with Gasteiger partial charge in [0.25, 0.3) is 0 Å². The molecule has 0 saturated carbocycles. The highest BCUT2D eigenvalue weighted by Gasteiger charge is 2.24. The number of aromatic carboxylic acids is 1. The lowest BCUT2D eigenvalue weighted by atomic mass is 10.1. The Morgan fingerprint density at radius 2 is 1.94 bits per heavy atom. The summed E-state index contributed by atoms with van der Waals surface area (Å²) in [4.78, 5) is 21.0. The molecule has 0 atom stereocenters. The van der Waals surface area contributed by atoms with Crippen molar-refractivity contribution < 1.29 is 19.4 Å². The number of carboxylic acids is 1. The van der Waals surface area contributed by atoms with E-state index in [0.29, 0.717) is 17.3 Å². The van der Waals surface area contributed by atoms with Crippen molar-refractivity contribution in [3.63, 3.8) is 0 Å². The smallest absolute Gasteiger partial charge is 0.335 e. The number of amidine groups is 1. The molecule has 1 aliphatic rings. The summed E-state index contributed by atoms with van der Waals surface area (Å²) < 4.78 is 12.6. The Bertz CT molecular complexity index is 1150. The van der Waals surface area contributed by atoms with Gasteiger partial charge >= 0.3 is 5.97 Å². The monoisotopic (exact) mass is 436 g/mol. The van der Waals surface area contributed by atoms with Crippen molar-refractivity contribution in [2.45, 2.75) is 46.3 Å². The van der Waals surface area contributed by atoms with Crippen LogP contribution in [0.15, 0.2) is 30.3 Å². The van der Waals surface area contributed by atoms with Gasteiger partial charge in [-0.15, -0.1) is 0 Å². The number of hydrogen-bond acceptors (Lipinski definition) is 5. The number of imidazole rings is 1. The van der Waals surface area contributed by atoms with Gasteiger partial charge in [0.2, 0.25) is 0 Å². The van der Waals surface area contributed by atoms with E-state index >= 15 is 0 Å². The van der Waals surface area contributed by atoms with E-state index in [1.807, 2.05) is 26.8 Å². The molecule has 4 rings (SSSR count). The van der Waals surface area contributed by atoms with Crippen LogP contribution in [-0.2, 0) is 6.61 Å². The molecule has 1 aromatic heterocycles. The number of fused-ring (bicyclic) bond motifs is 1. The van der Waals surface area contributed by atoms with Crippen LogP contribution in [0.4, 0.5) is 0 Å². The molecule has 1 fully saturated rings. The van der Waals surface area contributed by atoms with E-state index in [1.165, 1.54) is 0 Å². The van der Waals surface area contributed by atoms with Crippen LogP contribution in [0.25, 0.3) is 11.0 Å². The summed E-state index contributed by atoms with van der Waals surface area (Å²) >= 11 is 0. The lowest BCUT2D eigenvalue weighted by Gasteiger charge is -2.33. The van der Waals surface area contributed by atoms with Gasteiger partial charge in [-0.1, -0.05) is 12.1 Å². The maximum absolute atomic E-state index is 11.1. The second-order valence-corrected chi connectivity index (χ2v) is 8.23. The normalized spacial score (nSPS) is 14.5. The second-order valence-electron chi connectivity index (χ2n) is 8.23. The molecule has 0 amide bonds. The fourth-order valence-electron chi connectivity index (χ4n) is 4.04. The zero-order valence-corrected chi connectivity index (χ0v) is 18.6. The number of nitrogens with one attached hydrogen (secondary N) is 2. The van der Waals surface area contributed by atoms with E-state index in [-0.39, 0.29) is 18.3 Å². The van der Waals surface area contributed by atoms with Gasteiger partial charge in [0, 0.05) is 37.6 Å². The number of aromatic amines is 1. The first-order valence-electron chi connectivity index (χ1n) is 10.7. The van der Waals surface area contributed by atoms with Crippen molar-refractivity contribution in [3.05, 3.63) is 52.8 Å². The number of hydrogen-bond donors (Lipinski definition) is 3. The van der Waals surface area contributed by atoms with Crippen molar-refractivity contribution in [2.24, 2.45) is 0 Å². The molecular formula is C24H28N4O4. The third kappa shape index (κ3) is 4.54. The first-order valence-corrected chi connectivity index (χ1v) is 10.7. The highest BCUT2D eigenvalue weighted by molar-refractivity contribution is 5.87. The van der Waals surface area contributed by atoms with Crippen LogP contribution < -0.4 is 9.47 Å². The van der Waals surface area contributed by atoms with Crippen molar-refractivity contribution >= 4 is 22.8 Å². The molecule has 3 aromatic rings. The Hall–Kier alpha value is -3.55. The number of carboxylic acid groups (broad SMARTS) is 1. The van der Waals surface area contributed by atoms with E-state index in [2.05, 4.69) is 14.9 Å². The minimum Gasteiger partial charge on any atom is -0.486 e. The Morgan fingerprint density at radius 3 is 2.56 bits per heavy atom. The third-order valence-electron chi connectivity index (χ3n) is 5.84. The minimum atomic E-state index is -0.951. The van der Waals surface area contributed by atoms with Crippen LogP contribution in [0.3, 0.4) is 0 Å². The van der Waals surface area contributed by atoms with Gasteiger partial charge in [-0.3, -0.25) is 5.41 Å². The SMILES string of the molecule is CC(=N)N1CCC(Oc2cc3[nH]c(C)nc3c(C)c2OCc2ccc(C(=O)O)cc2)CC1. The number of benzene rings is 2. The predicted octanol–water partition coefficient (Wildman–Crippen LogP) is 4.30. The Kier molecular flexibility index (Phi) is 6.03. The number of carbonyl (C=O) groups is 1. The number of likely N-dealkylation sites (tertiary alicyclic amines) is 1. The molecule has 168 valence electrons. The summed E-state index contributed by atoms with van der Waals surface area (Å²) in [5.41, 5.74) is 3.76. The molecule has 0 bridgehead atoms. The third-order valence-corrected chi connectivity index (χ3v) is 5.84. The molecule has 2 aromatic carbocycles. The number of rotatable bonds is 6. The molecule has 2 heterocycles. The molecule has 8 nitrogen and oxygen atoms in total. The maximum Gasteiger partial charge on any atom is 0.335 e. The fraction of sp³-hybridized carbons (Fsp3) is 0.375. The second kappa shape index (κ2) is 8.90. The highest BCUT2D eigenvalue weighted by atomic mass is 16.5.